The highest BCUT2D eigenvalue weighted by atomic mass is 32.2. The van der Waals surface area contributed by atoms with E-state index < -0.39 is 53.5 Å². The number of aliphatic imine (C=N–C) groups is 1. The van der Waals surface area contributed by atoms with Crippen LogP contribution in [0.5, 0.6) is 0 Å². The highest BCUT2D eigenvalue weighted by Gasteiger charge is 2.53. The van der Waals surface area contributed by atoms with Crippen LogP contribution in [0.25, 0.3) is 0 Å². The number of thioether (sulfide) groups is 1. The molecule has 0 aliphatic carbocycles. The van der Waals surface area contributed by atoms with Crippen molar-refractivity contribution in [3.05, 3.63) is 84.4 Å². The molecule has 1 fully saturated rings. The van der Waals surface area contributed by atoms with Gasteiger partial charge in [-0.1, -0.05) is 54.2 Å². The van der Waals surface area contributed by atoms with Gasteiger partial charge in [-0.25, -0.2) is 18.8 Å². The van der Waals surface area contributed by atoms with E-state index in [1.165, 1.54) is 11.0 Å². The normalized spacial score (nSPS) is 23.8. The summed E-state index contributed by atoms with van der Waals surface area (Å²) in [5.74, 6) is -1.39. The van der Waals surface area contributed by atoms with Gasteiger partial charge in [-0.15, -0.1) is 6.58 Å². The van der Waals surface area contributed by atoms with Crippen LogP contribution in [0, 0.1) is 0 Å². The van der Waals surface area contributed by atoms with Crippen molar-refractivity contribution < 1.29 is 37.7 Å². The first-order chi connectivity index (χ1) is 19.1. The van der Waals surface area contributed by atoms with Gasteiger partial charge in [-0.05, 0) is 45.0 Å². The first-order valence-electron chi connectivity index (χ1n) is 12.7. The largest absolute Gasteiger partial charge is 0.459 e. The average Bonchev–Trinajstić information content (AvgIpc) is 3.36. The SMILES string of the molecule is C=CCN(C(=O)OC(C)(C)C)C1=N[C@@H]2[C@H](F)[C@H](OC(=O)c3ccccc3)[C@H](COC(=O)c3ccccc3)O[C@@H]2S1. The summed E-state index contributed by atoms with van der Waals surface area (Å²) in [6, 6.07) is 15.4. The van der Waals surface area contributed by atoms with E-state index in [1.807, 2.05) is 0 Å². The van der Waals surface area contributed by atoms with Crippen molar-refractivity contribution in [1.29, 1.82) is 0 Å². The lowest BCUT2D eigenvalue weighted by Crippen LogP contribution is -2.56. The molecular formula is C29H31FN2O7S. The van der Waals surface area contributed by atoms with E-state index in [1.54, 1.807) is 81.4 Å². The van der Waals surface area contributed by atoms with Crippen LogP contribution in [0.1, 0.15) is 41.5 Å². The molecule has 0 saturated carbocycles. The van der Waals surface area contributed by atoms with Crippen LogP contribution >= 0.6 is 11.8 Å². The van der Waals surface area contributed by atoms with Crippen molar-refractivity contribution in [1.82, 2.24) is 4.90 Å². The number of rotatable bonds is 7. The fourth-order valence-electron chi connectivity index (χ4n) is 4.04. The Bertz CT molecular complexity index is 1250. The zero-order valence-corrected chi connectivity index (χ0v) is 23.2. The van der Waals surface area contributed by atoms with Gasteiger partial charge in [0.2, 0.25) is 0 Å². The number of carbonyl (C=O) groups is 3. The monoisotopic (exact) mass is 570 g/mol. The van der Waals surface area contributed by atoms with Gasteiger partial charge in [-0.2, -0.15) is 0 Å². The summed E-state index contributed by atoms with van der Waals surface area (Å²) >= 11 is 1.04. The van der Waals surface area contributed by atoms with Gasteiger partial charge in [0.1, 0.15) is 29.8 Å². The minimum absolute atomic E-state index is 0.0711. The van der Waals surface area contributed by atoms with Crippen LogP contribution in [0.3, 0.4) is 0 Å². The Morgan fingerprint density at radius 1 is 1.05 bits per heavy atom. The van der Waals surface area contributed by atoms with Crippen molar-refractivity contribution in [2.75, 3.05) is 13.2 Å². The molecule has 212 valence electrons. The lowest BCUT2D eigenvalue weighted by atomic mass is 9.99. The van der Waals surface area contributed by atoms with Crippen molar-refractivity contribution in [2.45, 2.75) is 56.2 Å². The standard InChI is InChI=1S/C29H31FN2O7S/c1-5-16-32(28(35)39-29(2,3)4)27-31-22-21(30)23(38-25(34)19-14-10-7-11-15-19)20(37-26(22)40-27)17-36-24(33)18-12-8-6-9-13-18/h5-15,20-23,26H,1,16-17H2,2-4H3/t20-,21-,22+,23+,26+/m0/s1. The van der Waals surface area contributed by atoms with E-state index in [9.17, 15) is 14.4 Å². The summed E-state index contributed by atoms with van der Waals surface area (Å²) in [6.45, 7) is 8.57. The molecule has 2 aromatic carbocycles. The number of halogens is 1. The summed E-state index contributed by atoms with van der Waals surface area (Å²) in [5, 5.41) is 0.182. The first-order valence-corrected chi connectivity index (χ1v) is 13.6. The molecule has 0 spiro atoms. The van der Waals surface area contributed by atoms with E-state index in [-0.39, 0.29) is 23.9 Å². The van der Waals surface area contributed by atoms with Gasteiger partial charge < -0.3 is 18.9 Å². The van der Waals surface area contributed by atoms with Crippen molar-refractivity contribution in [2.24, 2.45) is 4.99 Å². The first kappa shape index (κ1) is 29.3. The molecular weight excluding hydrogens is 539 g/mol. The van der Waals surface area contributed by atoms with Gasteiger partial charge in [0.15, 0.2) is 17.4 Å². The molecule has 0 unspecified atom stereocenters. The fourth-order valence-corrected chi connectivity index (χ4v) is 5.25. The molecule has 1 saturated heterocycles. The smallest absolute Gasteiger partial charge is 0.416 e. The number of amides is 1. The van der Waals surface area contributed by atoms with E-state index in [0.29, 0.717) is 5.56 Å². The highest BCUT2D eigenvalue weighted by Crippen LogP contribution is 2.40. The number of alkyl halides is 1. The fraction of sp³-hybridized carbons (Fsp3) is 0.379. The number of hydrogen-bond donors (Lipinski definition) is 0. The molecule has 2 aliphatic rings. The van der Waals surface area contributed by atoms with Crippen molar-refractivity contribution in [3.8, 4) is 0 Å². The number of benzene rings is 2. The molecule has 0 aromatic heterocycles. The lowest BCUT2D eigenvalue weighted by Gasteiger charge is -2.38. The maximum absolute atomic E-state index is 16.1. The van der Waals surface area contributed by atoms with Gasteiger partial charge in [0.05, 0.1) is 11.1 Å². The predicted molar refractivity (Wildman–Crippen MR) is 148 cm³/mol. The Labute approximate surface area is 236 Å². The van der Waals surface area contributed by atoms with Crippen LogP contribution in [0.4, 0.5) is 9.18 Å². The molecule has 2 aliphatic heterocycles. The number of fused-ring (bicyclic) bond motifs is 1. The lowest BCUT2D eigenvalue weighted by molar-refractivity contribution is -0.149. The van der Waals surface area contributed by atoms with E-state index in [4.69, 9.17) is 18.9 Å². The van der Waals surface area contributed by atoms with Crippen molar-refractivity contribution in [3.63, 3.8) is 0 Å². The molecule has 0 radical (unpaired) electrons. The summed E-state index contributed by atoms with van der Waals surface area (Å²) < 4.78 is 38.7. The third-order valence-electron chi connectivity index (χ3n) is 5.87. The molecule has 5 atom stereocenters. The molecule has 11 heteroatoms. The number of ether oxygens (including phenoxy) is 4. The van der Waals surface area contributed by atoms with Crippen LogP contribution in [0.2, 0.25) is 0 Å². The van der Waals surface area contributed by atoms with E-state index >= 15 is 4.39 Å². The molecule has 2 aromatic rings. The van der Waals surface area contributed by atoms with Gasteiger partial charge in [-0.3, -0.25) is 9.89 Å². The molecule has 4 rings (SSSR count). The number of carbonyl (C=O) groups excluding carboxylic acids is 3. The molecule has 40 heavy (non-hydrogen) atoms. The summed E-state index contributed by atoms with van der Waals surface area (Å²) in [4.78, 5) is 44.0. The molecule has 2 heterocycles. The number of amidine groups is 1. The van der Waals surface area contributed by atoms with Gasteiger partial charge >= 0.3 is 18.0 Å². The Balaban J connectivity index is 1.56. The topological polar surface area (TPSA) is 104 Å². The number of nitrogens with zero attached hydrogens (tertiary/aromatic N) is 2. The highest BCUT2D eigenvalue weighted by molar-refractivity contribution is 8.14. The second kappa shape index (κ2) is 12.6. The third-order valence-corrected chi connectivity index (χ3v) is 7.03. The van der Waals surface area contributed by atoms with Crippen molar-refractivity contribution >= 4 is 35.0 Å². The van der Waals surface area contributed by atoms with Crippen LogP contribution in [0.15, 0.2) is 78.3 Å². The minimum atomic E-state index is -1.82. The van der Waals surface area contributed by atoms with Crippen LogP contribution in [-0.2, 0) is 18.9 Å². The van der Waals surface area contributed by atoms with E-state index in [0.717, 1.165) is 11.8 Å². The second-order valence-electron chi connectivity index (χ2n) is 10.1. The zero-order valence-electron chi connectivity index (χ0n) is 22.4. The molecule has 1 amide bonds. The number of esters is 2. The Morgan fingerprint density at radius 3 is 2.23 bits per heavy atom. The number of hydrogen-bond acceptors (Lipinski definition) is 9. The van der Waals surface area contributed by atoms with Gasteiger partial charge in [0.25, 0.3) is 0 Å². The molecule has 0 bridgehead atoms. The average molecular weight is 571 g/mol. The maximum Gasteiger partial charge on any atom is 0.416 e. The molecule has 0 N–H and O–H groups in total. The third kappa shape index (κ3) is 7.08. The summed E-state index contributed by atoms with van der Waals surface area (Å²) in [6.07, 6.45) is -3.56. The van der Waals surface area contributed by atoms with Crippen LogP contribution in [-0.4, -0.2) is 76.7 Å². The minimum Gasteiger partial charge on any atom is -0.459 e. The summed E-state index contributed by atoms with van der Waals surface area (Å²) in [7, 11) is 0. The van der Waals surface area contributed by atoms with E-state index in [2.05, 4.69) is 11.6 Å². The Kier molecular flexibility index (Phi) is 9.26. The predicted octanol–water partition coefficient (Wildman–Crippen LogP) is 5.03. The Morgan fingerprint density at radius 2 is 1.65 bits per heavy atom. The Hall–Kier alpha value is -3.70. The quantitative estimate of drug-likeness (QED) is 0.260. The molecule has 9 nitrogen and oxygen atoms in total. The van der Waals surface area contributed by atoms with Gasteiger partial charge in [0, 0.05) is 6.54 Å². The maximum atomic E-state index is 16.1. The second-order valence-corrected chi connectivity index (χ2v) is 11.2. The summed E-state index contributed by atoms with van der Waals surface area (Å²) in [5.41, 5.74) is -1.10. The van der Waals surface area contributed by atoms with Crippen LogP contribution < -0.4 is 0 Å². The zero-order chi connectivity index (χ0) is 28.9.